The summed E-state index contributed by atoms with van der Waals surface area (Å²) in [5.74, 6) is 1.21. The fourth-order valence-corrected chi connectivity index (χ4v) is 4.25. The SMILES string of the molecule is CCNC(=O)NC(=O)[C@@H](c1ccccc1)[NH+]1CCC[C@@H]1c1cc(OC)ccc1OC. The number of carbonyl (C=O) groups excluding carboxylic acids is 2. The van der Waals surface area contributed by atoms with Gasteiger partial charge in [-0.1, -0.05) is 30.3 Å². The molecule has 0 bridgehead atoms. The van der Waals surface area contributed by atoms with Gasteiger partial charge in [-0.05, 0) is 25.1 Å². The van der Waals surface area contributed by atoms with E-state index in [2.05, 4.69) is 10.6 Å². The monoisotopic (exact) mass is 412 g/mol. The van der Waals surface area contributed by atoms with E-state index in [-0.39, 0.29) is 11.9 Å². The van der Waals surface area contributed by atoms with E-state index in [0.29, 0.717) is 6.54 Å². The average Bonchev–Trinajstić information content (AvgIpc) is 3.23. The number of imide groups is 1. The maximum absolute atomic E-state index is 13.2. The molecule has 1 aliphatic rings. The van der Waals surface area contributed by atoms with Crippen molar-refractivity contribution in [3.05, 3.63) is 59.7 Å². The standard InChI is InChI=1S/C23H29N3O4/c1-4-24-23(28)25-22(27)21(16-9-6-5-7-10-16)26-14-8-11-19(26)18-15-17(29-2)12-13-20(18)30-3/h5-7,9-10,12-13,15,19,21H,4,8,11,14H2,1-3H3,(H2,24,25,27,28)/p+1/t19-,21-/m1/s1. The topological polar surface area (TPSA) is 81.1 Å². The average molecular weight is 413 g/mol. The number of urea groups is 1. The molecule has 3 rings (SSSR count). The Morgan fingerprint density at radius 3 is 2.57 bits per heavy atom. The van der Waals surface area contributed by atoms with Gasteiger partial charge in [-0.25, -0.2) is 4.79 Å². The summed E-state index contributed by atoms with van der Waals surface area (Å²) in [6.45, 7) is 3.08. The molecule has 0 aliphatic carbocycles. The first-order valence-electron chi connectivity index (χ1n) is 10.3. The fourth-order valence-electron chi connectivity index (χ4n) is 4.25. The zero-order valence-corrected chi connectivity index (χ0v) is 17.7. The summed E-state index contributed by atoms with van der Waals surface area (Å²) < 4.78 is 11.0. The molecule has 1 fully saturated rings. The van der Waals surface area contributed by atoms with Crippen LogP contribution in [-0.4, -0.2) is 39.2 Å². The van der Waals surface area contributed by atoms with Crippen molar-refractivity contribution in [2.75, 3.05) is 27.3 Å². The third-order valence-electron chi connectivity index (χ3n) is 5.56. The van der Waals surface area contributed by atoms with Crippen molar-refractivity contribution >= 4 is 11.9 Å². The first-order valence-corrected chi connectivity index (χ1v) is 10.3. The van der Waals surface area contributed by atoms with E-state index in [0.717, 1.165) is 46.9 Å². The Hall–Kier alpha value is -3.06. The molecule has 160 valence electrons. The Labute approximate surface area is 177 Å². The summed E-state index contributed by atoms with van der Waals surface area (Å²) in [4.78, 5) is 26.4. The molecule has 7 heteroatoms. The minimum atomic E-state index is -0.516. The summed E-state index contributed by atoms with van der Waals surface area (Å²) in [7, 11) is 3.29. The summed E-state index contributed by atoms with van der Waals surface area (Å²) in [6, 6.07) is 14.4. The van der Waals surface area contributed by atoms with Crippen molar-refractivity contribution in [1.29, 1.82) is 0 Å². The molecule has 1 unspecified atom stereocenters. The number of ether oxygens (including phenoxy) is 2. The highest BCUT2D eigenvalue weighted by Crippen LogP contribution is 2.33. The van der Waals surface area contributed by atoms with E-state index < -0.39 is 12.1 Å². The summed E-state index contributed by atoms with van der Waals surface area (Å²) in [5, 5.41) is 5.15. The van der Waals surface area contributed by atoms with Gasteiger partial charge in [-0.15, -0.1) is 0 Å². The molecule has 3 N–H and O–H groups in total. The van der Waals surface area contributed by atoms with Crippen LogP contribution in [0, 0.1) is 0 Å². The molecule has 0 spiro atoms. The predicted molar refractivity (Wildman–Crippen MR) is 114 cm³/mol. The minimum absolute atomic E-state index is 0.0419. The van der Waals surface area contributed by atoms with Crippen LogP contribution >= 0.6 is 0 Å². The number of benzene rings is 2. The van der Waals surface area contributed by atoms with E-state index in [1.807, 2.05) is 55.5 Å². The van der Waals surface area contributed by atoms with Gasteiger partial charge in [0.2, 0.25) is 0 Å². The van der Waals surface area contributed by atoms with Crippen LogP contribution in [-0.2, 0) is 4.79 Å². The molecule has 3 atom stereocenters. The van der Waals surface area contributed by atoms with Crippen LogP contribution in [0.3, 0.4) is 0 Å². The van der Waals surface area contributed by atoms with E-state index in [9.17, 15) is 9.59 Å². The molecular weight excluding hydrogens is 382 g/mol. The first kappa shape index (κ1) is 21.6. The van der Waals surface area contributed by atoms with Crippen LogP contribution in [0.15, 0.2) is 48.5 Å². The van der Waals surface area contributed by atoms with Gasteiger partial charge >= 0.3 is 6.03 Å². The van der Waals surface area contributed by atoms with Crippen molar-refractivity contribution in [3.8, 4) is 11.5 Å². The molecular formula is C23H30N3O4+. The second-order valence-corrected chi connectivity index (χ2v) is 7.32. The molecule has 0 aromatic heterocycles. The van der Waals surface area contributed by atoms with Crippen molar-refractivity contribution in [2.45, 2.75) is 31.8 Å². The zero-order valence-electron chi connectivity index (χ0n) is 17.7. The molecule has 0 saturated carbocycles. The molecule has 0 radical (unpaired) electrons. The van der Waals surface area contributed by atoms with Crippen molar-refractivity contribution in [1.82, 2.24) is 10.6 Å². The Bertz CT molecular complexity index is 872. The lowest BCUT2D eigenvalue weighted by molar-refractivity contribution is -0.940. The molecule has 30 heavy (non-hydrogen) atoms. The zero-order chi connectivity index (χ0) is 21.5. The maximum Gasteiger partial charge on any atom is 0.321 e. The van der Waals surface area contributed by atoms with E-state index in [4.69, 9.17) is 9.47 Å². The number of nitrogens with one attached hydrogen (secondary N) is 3. The largest absolute Gasteiger partial charge is 0.497 e. The first-order chi connectivity index (χ1) is 14.6. The van der Waals surface area contributed by atoms with Gasteiger partial charge in [0.05, 0.1) is 26.3 Å². The Kier molecular flexibility index (Phi) is 7.30. The molecule has 7 nitrogen and oxygen atoms in total. The second kappa shape index (κ2) is 10.1. The fraction of sp³-hybridized carbons (Fsp3) is 0.391. The van der Waals surface area contributed by atoms with Crippen LogP contribution in [0.2, 0.25) is 0 Å². The number of hydrogen-bond donors (Lipinski definition) is 3. The van der Waals surface area contributed by atoms with Gasteiger partial charge in [-0.3, -0.25) is 10.1 Å². The van der Waals surface area contributed by atoms with Crippen LogP contribution in [0.4, 0.5) is 4.79 Å². The highest BCUT2D eigenvalue weighted by molar-refractivity contribution is 5.96. The molecule has 1 aliphatic heterocycles. The number of hydrogen-bond acceptors (Lipinski definition) is 4. The van der Waals surface area contributed by atoms with E-state index in [1.165, 1.54) is 0 Å². The van der Waals surface area contributed by atoms with Gasteiger partial charge in [0.1, 0.15) is 17.5 Å². The van der Waals surface area contributed by atoms with Crippen LogP contribution in [0.1, 0.15) is 43.0 Å². The number of amides is 3. The molecule has 1 saturated heterocycles. The van der Waals surface area contributed by atoms with Crippen molar-refractivity contribution in [2.24, 2.45) is 0 Å². The van der Waals surface area contributed by atoms with Crippen molar-refractivity contribution in [3.63, 3.8) is 0 Å². The number of likely N-dealkylation sites (tertiary alicyclic amines) is 1. The van der Waals surface area contributed by atoms with E-state index in [1.54, 1.807) is 14.2 Å². The summed E-state index contributed by atoms with van der Waals surface area (Å²) >= 11 is 0. The highest BCUT2D eigenvalue weighted by Gasteiger charge is 2.42. The minimum Gasteiger partial charge on any atom is -0.497 e. The van der Waals surface area contributed by atoms with Gasteiger partial charge in [0.25, 0.3) is 5.91 Å². The Morgan fingerprint density at radius 2 is 1.90 bits per heavy atom. The van der Waals surface area contributed by atoms with E-state index >= 15 is 0 Å². The number of rotatable bonds is 7. The van der Waals surface area contributed by atoms with Crippen LogP contribution in [0.25, 0.3) is 0 Å². The lowest BCUT2D eigenvalue weighted by Crippen LogP contribution is -3.11. The third kappa shape index (κ3) is 4.74. The molecule has 2 aromatic rings. The molecule has 3 amide bonds. The van der Waals surface area contributed by atoms with Gasteiger partial charge in [0.15, 0.2) is 6.04 Å². The summed E-state index contributed by atoms with van der Waals surface area (Å²) in [6.07, 6.45) is 1.88. The Morgan fingerprint density at radius 1 is 1.13 bits per heavy atom. The van der Waals surface area contributed by atoms with Gasteiger partial charge in [0, 0.05) is 24.9 Å². The lowest BCUT2D eigenvalue weighted by atomic mass is 9.98. The quantitative estimate of drug-likeness (QED) is 0.650. The normalized spacial score (nSPS) is 19.0. The van der Waals surface area contributed by atoms with Crippen molar-refractivity contribution < 1.29 is 24.0 Å². The number of carbonyl (C=O) groups is 2. The van der Waals surface area contributed by atoms with Gasteiger partial charge in [-0.2, -0.15) is 0 Å². The number of methoxy groups -OCH3 is 2. The third-order valence-corrected chi connectivity index (χ3v) is 5.56. The Balaban J connectivity index is 1.98. The molecule has 1 heterocycles. The highest BCUT2D eigenvalue weighted by atomic mass is 16.5. The van der Waals surface area contributed by atoms with Crippen LogP contribution < -0.4 is 25.0 Å². The molecule has 2 aromatic carbocycles. The second-order valence-electron chi connectivity index (χ2n) is 7.32. The predicted octanol–water partition coefficient (Wildman–Crippen LogP) is 2.01. The smallest absolute Gasteiger partial charge is 0.321 e. The van der Waals surface area contributed by atoms with Crippen LogP contribution in [0.5, 0.6) is 11.5 Å². The maximum atomic E-state index is 13.2. The lowest BCUT2D eigenvalue weighted by Gasteiger charge is -2.30. The summed E-state index contributed by atoms with van der Waals surface area (Å²) in [5.41, 5.74) is 1.89. The van der Waals surface area contributed by atoms with Gasteiger partial charge < -0.3 is 19.7 Å². The number of quaternary nitrogens is 1.